The topological polar surface area (TPSA) is 108 Å². The summed E-state index contributed by atoms with van der Waals surface area (Å²) in [5.74, 6) is 0.342. The molecule has 2 aromatic carbocycles. The van der Waals surface area contributed by atoms with E-state index in [9.17, 15) is 23.4 Å². The van der Waals surface area contributed by atoms with Gasteiger partial charge in [-0.15, -0.1) is 0 Å². The van der Waals surface area contributed by atoms with Crippen molar-refractivity contribution in [3.05, 3.63) is 87.5 Å². The van der Waals surface area contributed by atoms with Crippen LogP contribution >= 0.6 is 0 Å². The Balaban J connectivity index is 1.97. The predicted octanol–water partition coefficient (Wildman–Crippen LogP) is 5.48. The molecule has 3 aromatic rings. The Kier molecular flexibility index (Phi) is 8.39. The number of rotatable bonds is 8. The van der Waals surface area contributed by atoms with E-state index in [4.69, 9.17) is 4.42 Å². The molecule has 1 atom stereocenters. The second-order valence-corrected chi connectivity index (χ2v) is 11.9. The quantitative estimate of drug-likeness (QED) is 0.403. The summed E-state index contributed by atoms with van der Waals surface area (Å²) in [7, 11) is -4.22. The molecule has 1 aliphatic rings. The van der Waals surface area contributed by atoms with Crippen LogP contribution in [-0.4, -0.2) is 18.6 Å². The predicted molar refractivity (Wildman–Crippen MR) is 143 cm³/mol. The van der Waals surface area contributed by atoms with Gasteiger partial charge in [-0.1, -0.05) is 57.0 Å². The highest BCUT2D eigenvalue weighted by molar-refractivity contribution is 7.92. The van der Waals surface area contributed by atoms with E-state index in [2.05, 4.69) is 0 Å². The molecule has 7 nitrogen and oxygen atoms in total. The van der Waals surface area contributed by atoms with Gasteiger partial charge in [0.05, 0.1) is 23.2 Å². The summed E-state index contributed by atoms with van der Waals surface area (Å²) in [6.45, 7) is 3.59. The van der Waals surface area contributed by atoms with Gasteiger partial charge in [0.1, 0.15) is 17.1 Å². The highest BCUT2D eigenvalue weighted by Crippen LogP contribution is 2.41. The number of hydrogen-bond acceptors (Lipinski definition) is 6. The standard InChI is InChI=1S/C29H35NO6S/c1-20(2)17-25(27-28(32)24-15-8-3-4-9-16-26(24)36-29(27)33)30(22-12-6-5-7-13-22)37(34,35)23-14-10-11-21(18-23)19-31/h5-7,10-14,18,20,25,31-32H,3-4,8-9,15-17,19H2,1-2H3. The smallest absolute Gasteiger partial charge is 0.345 e. The summed E-state index contributed by atoms with van der Waals surface area (Å²) < 4.78 is 35.5. The van der Waals surface area contributed by atoms with Gasteiger partial charge in [-0.25, -0.2) is 13.2 Å². The van der Waals surface area contributed by atoms with Gasteiger partial charge in [-0.05, 0) is 61.4 Å². The summed E-state index contributed by atoms with van der Waals surface area (Å²) in [6, 6.07) is 13.7. The molecule has 0 bridgehead atoms. The normalized spacial score (nSPS) is 15.0. The van der Waals surface area contributed by atoms with Gasteiger partial charge in [0.2, 0.25) is 0 Å². The Morgan fingerprint density at radius 3 is 2.35 bits per heavy atom. The maximum absolute atomic E-state index is 14.2. The molecule has 4 rings (SSSR count). The average molecular weight is 526 g/mol. The highest BCUT2D eigenvalue weighted by atomic mass is 32.2. The maximum atomic E-state index is 14.2. The Bertz CT molecular complexity index is 1380. The summed E-state index contributed by atoms with van der Waals surface area (Å²) >= 11 is 0. The van der Waals surface area contributed by atoms with Gasteiger partial charge in [0, 0.05) is 12.0 Å². The van der Waals surface area contributed by atoms with Crippen LogP contribution in [-0.2, 0) is 29.5 Å². The number of anilines is 1. The first-order valence-electron chi connectivity index (χ1n) is 12.9. The maximum Gasteiger partial charge on any atom is 0.345 e. The van der Waals surface area contributed by atoms with Gasteiger partial charge in [-0.3, -0.25) is 4.31 Å². The fourth-order valence-corrected chi connectivity index (χ4v) is 6.77. The largest absolute Gasteiger partial charge is 0.507 e. The lowest BCUT2D eigenvalue weighted by atomic mass is 9.92. The van der Waals surface area contributed by atoms with Crippen LogP contribution in [0.4, 0.5) is 5.69 Å². The molecule has 1 aliphatic carbocycles. The summed E-state index contributed by atoms with van der Waals surface area (Å²) in [5.41, 5.74) is 0.697. The van der Waals surface area contributed by atoms with Crippen LogP contribution in [0.5, 0.6) is 5.75 Å². The van der Waals surface area contributed by atoms with Crippen molar-refractivity contribution in [1.29, 1.82) is 0 Å². The number of para-hydroxylation sites is 1. The molecule has 0 radical (unpaired) electrons. The monoisotopic (exact) mass is 525 g/mol. The Morgan fingerprint density at radius 1 is 0.973 bits per heavy atom. The molecule has 37 heavy (non-hydrogen) atoms. The molecule has 0 saturated heterocycles. The molecule has 0 aliphatic heterocycles. The van der Waals surface area contributed by atoms with Gasteiger partial charge < -0.3 is 14.6 Å². The van der Waals surface area contributed by atoms with Crippen molar-refractivity contribution in [3.8, 4) is 5.75 Å². The molecule has 198 valence electrons. The van der Waals surface area contributed by atoms with Crippen LogP contribution in [0.25, 0.3) is 0 Å². The van der Waals surface area contributed by atoms with Crippen LogP contribution in [0.3, 0.4) is 0 Å². The first-order chi connectivity index (χ1) is 17.7. The van der Waals surface area contributed by atoms with Crippen LogP contribution in [0.1, 0.15) is 74.4 Å². The van der Waals surface area contributed by atoms with Crippen molar-refractivity contribution in [2.24, 2.45) is 5.92 Å². The van der Waals surface area contributed by atoms with Crippen LogP contribution in [0, 0.1) is 5.92 Å². The minimum Gasteiger partial charge on any atom is -0.507 e. The number of sulfonamides is 1. The molecule has 0 saturated carbocycles. The molecule has 8 heteroatoms. The van der Waals surface area contributed by atoms with E-state index >= 15 is 0 Å². The summed E-state index contributed by atoms with van der Waals surface area (Å²) in [5, 5.41) is 21.1. The average Bonchev–Trinajstić information content (AvgIpc) is 2.85. The minimum absolute atomic E-state index is 0.00371. The lowest BCUT2D eigenvalue weighted by Gasteiger charge is -2.34. The van der Waals surface area contributed by atoms with E-state index in [1.54, 1.807) is 42.5 Å². The van der Waals surface area contributed by atoms with Gasteiger partial charge >= 0.3 is 5.63 Å². The molecule has 1 heterocycles. The zero-order valence-corrected chi connectivity index (χ0v) is 22.2. The van der Waals surface area contributed by atoms with Crippen molar-refractivity contribution in [3.63, 3.8) is 0 Å². The second-order valence-electron chi connectivity index (χ2n) is 10.1. The van der Waals surface area contributed by atoms with Crippen LogP contribution in [0.2, 0.25) is 0 Å². The van der Waals surface area contributed by atoms with Crippen molar-refractivity contribution in [2.45, 2.75) is 76.3 Å². The Morgan fingerprint density at radius 2 is 1.68 bits per heavy atom. The van der Waals surface area contributed by atoms with Gasteiger partial charge in [0.25, 0.3) is 10.0 Å². The Hall–Kier alpha value is -3.10. The van der Waals surface area contributed by atoms with Crippen molar-refractivity contribution in [1.82, 2.24) is 0 Å². The molecular formula is C29H35NO6S. The third-order valence-electron chi connectivity index (χ3n) is 6.85. The van der Waals surface area contributed by atoms with Crippen LogP contribution < -0.4 is 9.93 Å². The Labute approximate surface area is 218 Å². The number of aliphatic hydroxyl groups excluding tert-OH is 1. The van der Waals surface area contributed by atoms with E-state index < -0.39 is 21.7 Å². The number of benzene rings is 2. The molecule has 1 unspecified atom stereocenters. The van der Waals surface area contributed by atoms with Crippen molar-refractivity contribution in [2.75, 3.05) is 4.31 Å². The summed E-state index contributed by atoms with van der Waals surface area (Å²) in [6.07, 6.45) is 5.21. The van der Waals surface area contributed by atoms with Gasteiger partial charge in [0.15, 0.2) is 0 Å². The number of nitrogens with zero attached hydrogens (tertiary/aromatic N) is 1. The van der Waals surface area contributed by atoms with Crippen molar-refractivity contribution >= 4 is 15.7 Å². The summed E-state index contributed by atoms with van der Waals surface area (Å²) in [4.78, 5) is 13.4. The fraction of sp³-hybridized carbons (Fsp3) is 0.414. The lowest BCUT2D eigenvalue weighted by Crippen LogP contribution is -2.38. The fourth-order valence-electron chi connectivity index (χ4n) is 5.07. The first-order valence-corrected chi connectivity index (χ1v) is 14.3. The zero-order chi connectivity index (χ0) is 26.6. The zero-order valence-electron chi connectivity index (χ0n) is 21.4. The molecule has 0 spiro atoms. The highest BCUT2D eigenvalue weighted by Gasteiger charge is 2.38. The third kappa shape index (κ3) is 5.75. The van der Waals surface area contributed by atoms with E-state index in [1.807, 2.05) is 13.8 Å². The molecular weight excluding hydrogens is 490 g/mol. The van der Waals surface area contributed by atoms with E-state index in [0.29, 0.717) is 35.4 Å². The van der Waals surface area contributed by atoms with E-state index in [0.717, 1.165) is 25.7 Å². The molecule has 0 fully saturated rings. The van der Waals surface area contributed by atoms with Gasteiger partial charge in [-0.2, -0.15) is 0 Å². The molecule has 2 N–H and O–H groups in total. The van der Waals surface area contributed by atoms with E-state index in [-0.39, 0.29) is 35.2 Å². The SMILES string of the molecule is CC(C)CC(c1c(O)c2c(oc1=O)CCCCCC2)N(c1ccccc1)S(=O)(=O)c1cccc(CO)c1. The molecule has 0 amide bonds. The number of aromatic hydroxyl groups is 1. The lowest BCUT2D eigenvalue weighted by molar-refractivity contribution is 0.281. The number of fused-ring (bicyclic) bond motifs is 1. The number of aliphatic hydroxyl groups is 1. The minimum atomic E-state index is -4.22. The van der Waals surface area contributed by atoms with E-state index in [1.165, 1.54) is 16.4 Å². The number of hydrogen-bond donors (Lipinski definition) is 2. The third-order valence-corrected chi connectivity index (χ3v) is 8.69. The second kappa shape index (κ2) is 11.5. The first kappa shape index (κ1) is 26.9. The van der Waals surface area contributed by atoms with Crippen LogP contribution in [0.15, 0.2) is 68.7 Å². The number of aryl methyl sites for hydroxylation is 1. The molecule has 1 aromatic heterocycles. The van der Waals surface area contributed by atoms with Crippen molar-refractivity contribution < 1.29 is 23.0 Å².